The van der Waals surface area contributed by atoms with Crippen LogP contribution in [0.2, 0.25) is 5.02 Å². The number of hydrogen-bond donors (Lipinski definition) is 2. The highest BCUT2D eigenvalue weighted by atomic mass is 35.5. The Balaban J connectivity index is 1.96. The first-order valence-electron chi connectivity index (χ1n) is 9.40. The van der Waals surface area contributed by atoms with Gasteiger partial charge in [0.05, 0.1) is 34.8 Å². The molecule has 0 saturated carbocycles. The number of benzene rings is 1. The van der Waals surface area contributed by atoms with E-state index in [1.807, 2.05) is 0 Å². The SMILES string of the molecule is Nc1cc(C(=O)N=S(=O)=O)c(NCc2ccco2)c(CCN2CCCCC2)c1Cl. The standard InChI is InChI=1S/C19H23ClN4O4S/c20-17-14(6-9-24-7-2-1-3-8-24)18(22-12-13-5-4-10-28-13)15(11-16(17)21)19(25)23-29(26)27/h4-5,10-11,22H,1-3,6-9,12,21H2. The Kier molecular flexibility index (Phi) is 7.29. The number of likely N-dealkylation sites (tertiary alicyclic amines) is 1. The molecule has 156 valence electrons. The van der Waals surface area contributed by atoms with Gasteiger partial charge in [-0.3, -0.25) is 4.79 Å². The van der Waals surface area contributed by atoms with Gasteiger partial charge in [-0.05, 0) is 56.1 Å². The molecule has 8 nitrogen and oxygen atoms in total. The smallest absolute Gasteiger partial charge is 0.319 e. The summed E-state index contributed by atoms with van der Waals surface area (Å²) in [4.78, 5) is 14.8. The molecular weight excluding hydrogens is 416 g/mol. The Bertz CT molecular complexity index is 992. The van der Waals surface area contributed by atoms with E-state index in [1.165, 1.54) is 12.5 Å². The first-order chi connectivity index (χ1) is 14.0. The molecule has 0 spiro atoms. The van der Waals surface area contributed by atoms with Gasteiger partial charge in [-0.25, -0.2) is 0 Å². The molecule has 0 bridgehead atoms. The number of nitrogens with zero attached hydrogens (tertiary/aromatic N) is 2. The number of hydrogen-bond acceptors (Lipinski definition) is 7. The van der Waals surface area contributed by atoms with E-state index in [9.17, 15) is 13.2 Å². The normalized spacial score (nSPS) is 14.5. The minimum atomic E-state index is -2.87. The summed E-state index contributed by atoms with van der Waals surface area (Å²) in [5, 5.41) is 3.51. The zero-order chi connectivity index (χ0) is 20.8. The number of carbonyl (C=O) groups excluding carboxylic acids is 1. The van der Waals surface area contributed by atoms with E-state index in [1.54, 1.807) is 18.4 Å². The number of amides is 1. The molecule has 1 aliphatic heterocycles. The van der Waals surface area contributed by atoms with Crippen LogP contribution in [0, 0.1) is 0 Å². The number of halogens is 1. The number of anilines is 2. The van der Waals surface area contributed by atoms with Crippen LogP contribution in [-0.4, -0.2) is 38.9 Å². The van der Waals surface area contributed by atoms with Crippen molar-refractivity contribution >= 4 is 39.4 Å². The van der Waals surface area contributed by atoms with Crippen LogP contribution in [0.15, 0.2) is 33.2 Å². The summed E-state index contributed by atoms with van der Waals surface area (Å²) in [5.74, 6) is -0.245. The molecule has 2 aromatic rings. The average molecular weight is 439 g/mol. The van der Waals surface area contributed by atoms with E-state index in [2.05, 4.69) is 14.6 Å². The average Bonchev–Trinajstić information content (AvgIpc) is 3.21. The third-order valence-electron chi connectivity index (χ3n) is 4.92. The van der Waals surface area contributed by atoms with Crippen LogP contribution in [0.5, 0.6) is 0 Å². The van der Waals surface area contributed by atoms with Crippen molar-refractivity contribution in [1.82, 2.24) is 4.90 Å². The minimum Gasteiger partial charge on any atom is -0.467 e. The maximum atomic E-state index is 12.4. The molecule has 1 saturated heterocycles. The van der Waals surface area contributed by atoms with Crippen molar-refractivity contribution in [2.75, 3.05) is 30.7 Å². The van der Waals surface area contributed by atoms with Crippen molar-refractivity contribution in [3.8, 4) is 0 Å². The minimum absolute atomic E-state index is 0.0660. The number of piperidine rings is 1. The van der Waals surface area contributed by atoms with Crippen LogP contribution < -0.4 is 11.1 Å². The number of rotatable bonds is 7. The van der Waals surface area contributed by atoms with E-state index in [-0.39, 0.29) is 11.3 Å². The second kappa shape index (κ2) is 9.91. The fourth-order valence-electron chi connectivity index (χ4n) is 3.50. The summed E-state index contributed by atoms with van der Waals surface area (Å²) in [5.41, 5.74) is 7.39. The number of furan rings is 1. The highest BCUT2D eigenvalue weighted by molar-refractivity contribution is 7.62. The third kappa shape index (κ3) is 5.59. The van der Waals surface area contributed by atoms with Crippen molar-refractivity contribution in [3.05, 3.63) is 46.4 Å². The lowest BCUT2D eigenvalue weighted by Crippen LogP contribution is -2.31. The Morgan fingerprint density at radius 3 is 2.72 bits per heavy atom. The topological polar surface area (TPSA) is 118 Å². The molecule has 2 heterocycles. The molecule has 3 rings (SSSR count). The maximum absolute atomic E-state index is 12.4. The molecule has 1 aromatic heterocycles. The lowest BCUT2D eigenvalue weighted by atomic mass is 10.0. The van der Waals surface area contributed by atoms with Crippen LogP contribution in [0.3, 0.4) is 0 Å². The largest absolute Gasteiger partial charge is 0.467 e. The van der Waals surface area contributed by atoms with Gasteiger partial charge in [-0.15, -0.1) is 0 Å². The molecule has 3 N–H and O–H groups in total. The molecule has 1 fully saturated rings. The summed E-state index contributed by atoms with van der Waals surface area (Å²) < 4.78 is 30.3. The number of nitrogens with two attached hydrogens (primary N) is 1. The molecule has 0 unspecified atom stereocenters. The third-order valence-corrected chi connectivity index (χ3v) is 5.68. The zero-order valence-electron chi connectivity index (χ0n) is 15.9. The van der Waals surface area contributed by atoms with Crippen LogP contribution in [0.1, 0.15) is 40.9 Å². The summed E-state index contributed by atoms with van der Waals surface area (Å²) in [6, 6.07) is 4.90. The van der Waals surface area contributed by atoms with Crippen LogP contribution in [0.25, 0.3) is 0 Å². The Hall–Kier alpha value is -2.36. The van der Waals surface area contributed by atoms with E-state index in [4.69, 9.17) is 21.8 Å². The highest BCUT2D eigenvalue weighted by Crippen LogP contribution is 2.35. The van der Waals surface area contributed by atoms with Crippen molar-refractivity contribution in [2.45, 2.75) is 32.2 Å². The van der Waals surface area contributed by atoms with Crippen LogP contribution in [-0.2, 0) is 23.5 Å². The summed E-state index contributed by atoms with van der Waals surface area (Å²) in [6.07, 6.45) is 5.66. The Morgan fingerprint density at radius 1 is 1.31 bits per heavy atom. The van der Waals surface area contributed by atoms with Gasteiger partial charge in [0, 0.05) is 6.54 Å². The van der Waals surface area contributed by atoms with Gasteiger partial charge < -0.3 is 20.4 Å². The lowest BCUT2D eigenvalue weighted by Gasteiger charge is -2.27. The molecular formula is C19H23ClN4O4S. The molecule has 0 radical (unpaired) electrons. The van der Waals surface area contributed by atoms with Crippen molar-refractivity contribution in [1.29, 1.82) is 0 Å². The molecule has 29 heavy (non-hydrogen) atoms. The predicted octanol–water partition coefficient (Wildman–Crippen LogP) is 3.36. The maximum Gasteiger partial charge on any atom is 0.319 e. The zero-order valence-corrected chi connectivity index (χ0v) is 17.4. The number of nitrogen functional groups attached to an aromatic ring is 1. The number of carbonyl (C=O) groups is 1. The van der Waals surface area contributed by atoms with Crippen LogP contribution >= 0.6 is 11.6 Å². The second-order valence-corrected chi connectivity index (χ2v) is 7.87. The van der Waals surface area contributed by atoms with Gasteiger partial charge >= 0.3 is 10.5 Å². The van der Waals surface area contributed by atoms with Crippen molar-refractivity contribution in [3.63, 3.8) is 0 Å². The van der Waals surface area contributed by atoms with Gasteiger partial charge in [0.1, 0.15) is 5.76 Å². The molecule has 0 atom stereocenters. The molecule has 0 aliphatic carbocycles. The molecule has 1 aromatic carbocycles. The lowest BCUT2D eigenvalue weighted by molar-refractivity contribution is 0.101. The summed E-state index contributed by atoms with van der Waals surface area (Å²) in [7, 11) is -2.87. The molecule has 1 amide bonds. The summed E-state index contributed by atoms with van der Waals surface area (Å²) >= 11 is 6.49. The van der Waals surface area contributed by atoms with Gasteiger partial charge in [0.15, 0.2) is 0 Å². The fraction of sp³-hybridized carbons (Fsp3) is 0.421. The predicted molar refractivity (Wildman–Crippen MR) is 112 cm³/mol. The second-order valence-electron chi connectivity index (χ2n) is 6.88. The van der Waals surface area contributed by atoms with Crippen LogP contribution in [0.4, 0.5) is 11.4 Å². The summed E-state index contributed by atoms with van der Waals surface area (Å²) in [6.45, 7) is 3.10. The van der Waals surface area contributed by atoms with E-state index >= 15 is 0 Å². The van der Waals surface area contributed by atoms with E-state index in [0.29, 0.717) is 35.0 Å². The number of nitrogens with one attached hydrogen (secondary N) is 1. The van der Waals surface area contributed by atoms with Gasteiger partial charge in [-0.2, -0.15) is 8.42 Å². The first-order valence-corrected chi connectivity index (χ1v) is 10.8. The van der Waals surface area contributed by atoms with Gasteiger partial charge in [0.25, 0.3) is 5.91 Å². The van der Waals surface area contributed by atoms with Gasteiger partial charge in [-0.1, -0.05) is 22.4 Å². The monoisotopic (exact) mass is 438 g/mol. The van der Waals surface area contributed by atoms with Crippen molar-refractivity contribution < 1.29 is 17.6 Å². The van der Waals surface area contributed by atoms with Crippen molar-refractivity contribution in [2.24, 2.45) is 4.36 Å². The quantitative estimate of drug-likeness (QED) is 0.636. The van der Waals surface area contributed by atoms with E-state index in [0.717, 1.165) is 32.5 Å². The Labute approximate surface area is 175 Å². The first kappa shape index (κ1) is 21.4. The Morgan fingerprint density at radius 2 is 2.07 bits per heavy atom. The fourth-order valence-corrected chi connectivity index (χ4v) is 3.98. The van der Waals surface area contributed by atoms with Gasteiger partial charge in [0.2, 0.25) is 0 Å². The molecule has 1 aliphatic rings. The highest BCUT2D eigenvalue weighted by Gasteiger charge is 2.22. The molecule has 10 heteroatoms. The van der Waals surface area contributed by atoms with E-state index < -0.39 is 16.4 Å².